The first-order valence-corrected chi connectivity index (χ1v) is 38.7. The molecule has 0 amide bonds. The molecular weight excluding hydrogens is 1140 g/mol. The molecule has 0 radical (unpaired) electrons. The Morgan fingerprint density at radius 2 is 1.13 bits per heavy atom. The summed E-state index contributed by atoms with van der Waals surface area (Å²) in [4.78, 5) is 50.6. The van der Waals surface area contributed by atoms with Gasteiger partial charge in [-0.15, -0.1) is 10.2 Å². The molecule has 25 heteroatoms. The number of nitrogens with zero attached hydrogens (tertiary/aromatic N) is 10. The summed E-state index contributed by atoms with van der Waals surface area (Å²) < 4.78 is 62.0. The third kappa shape index (κ3) is 17.4. The van der Waals surface area contributed by atoms with Gasteiger partial charge in [-0.2, -0.15) is 14.6 Å². The third-order valence-electron chi connectivity index (χ3n) is 15.9. The standard InChI is InChI=1S/C29H39N5O5Si.C27H37N5O6SSi.C4H8O/c1-20-15-25(38-18-29(27(35)36)11-6-12-29)31-17-23(20)21-9-10-24(30-16-21)26-32-28(39-22-7-5-8-22)34(33-26)19-37-13-14-40(2,3)4;1-19-14-23(38-17-27(10-7-11-27)25(33)36-2)29-16-21(19)20-8-9-22(28-15-20)24-30-26(39(3,34)35)32(31-24)18-37-12-13-40(4,5)6;5-4-2-1-3-4/h9-10,15-17,22H,5-8,11-14,18-19H2,1-4H3,(H,35,36);8-9,14-16H,7,10-13,17-18H2,1-6H3;4-5H,1-3H2. The minimum Gasteiger partial charge on any atom is -0.481 e. The zero-order valence-corrected chi connectivity index (χ0v) is 53.7. The van der Waals surface area contributed by atoms with Gasteiger partial charge in [0.15, 0.2) is 0 Å². The second-order valence-corrected chi connectivity index (χ2v) is 38.5. The number of methoxy groups -OCH3 is 1. The predicted octanol–water partition coefficient (Wildman–Crippen LogP) is 10.3. The summed E-state index contributed by atoms with van der Waals surface area (Å²) in [5.41, 5.74) is 5.13. The Labute approximate surface area is 500 Å². The van der Waals surface area contributed by atoms with Crippen molar-refractivity contribution in [1.82, 2.24) is 49.5 Å². The highest BCUT2D eigenvalue weighted by Crippen LogP contribution is 2.43. The number of carbonyl (C=O) groups excluding carboxylic acids is 1. The number of aliphatic hydroxyl groups is 1. The van der Waals surface area contributed by atoms with Gasteiger partial charge in [-0.3, -0.25) is 19.6 Å². The van der Waals surface area contributed by atoms with Crippen LogP contribution in [0, 0.1) is 24.7 Å². The van der Waals surface area contributed by atoms with Crippen molar-refractivity contribution in [2.45, 2.75) is 173 Å². The largest absolute Gasteiger partial charge is 0.481 e. The van der Waals surface area contributed by atoms with Crippen molar-refractivity contribution in [2.24, 2.45) is 10.8 Å². The monoisotopic (exact) mass is 1220 g/mol. The number of aryl methyl sites for hydroxylation is 2. The van der Waals surface area contributed by atoms with Crippen LogP contribution in [-0.4, -0.2) is 148 Å². The van der Waals surface area contributed by atoms with Gasteiger partial charge < -0.3 is 38.6 Å². The molecule has 0 unspecified atom stereocenters. The normalized spacial score (nSPS) is 16.4. The van der Waals surface area contributed by atoms with Gasteiger partial charge in [0.1, 0.15) is 55.0 Å². The fourth-order valence-corrected chi connectivity index (χ4v) is 11.6. The Balaban J connectivity index is 0.000000204. The summed E-state index contributed by atoms with van der Waals surface area (Å²) in [7, 11) is -4.68. The number of esters is 1. The average Bonchev–Trinajstić information content (AvgIpc) is 3.01. The molecule has 0 spiro atoms. The van der Waals surface area contributed by atoms with Crippen LogP contribution >= 0.6 is 0 Å². The van der Waals surface area contributed by atoms with E-state index in [9.17, 15) is 23.1 Å². The first-order chi connectivity index (χ1) is 40.3. The lowest BCUT2D eigenvalue weighted by Gasteiger charge is -2.38. The molecule has 4 fully saturated rings. The summed E-state index contributed by atoms with van der Waals surface area (Å²) in [5, 5.41) is 26.8. The quantitative estimate of drug-likeness (QED) is 0.0306. The number of carboxylic acid groups (broad SMARTS) is 1. The SMILES string of the molecule is COC(=O)C1(COc2cc(C)c(-c3ccc(-c4nc(S(C)(=O)=O)n(COCC[Si](C)(C)C)n4)nc3)cn2)CCC1.Cc1cc(OCC2(C(=O)O)CCC2)ncc1-c1ccc(-c2nc(OC3CCC3)n(COCC[Si](C)(C)C)n2)nc1.OC1CCC1. The van der Waals surface area contributed by atoms with Crippen molar-refractivity contribution in [3.05, 3.63) is 72.3 Å². The fraction of sp³-hybridized carbons (Fsp3) is 0.567. The van der Waals surface area contributed by atoms with E-state index in [1.54, 1.807) is 35.5 Å². The summed E-state index contributed by atoms with van der Waals surface area (Å²) in [6.45, 7) is 19.6. The van der Waals surface area contributed by atoms with Gasteiger partial charge >= 0.3 is 17.9 Å². The van der Waals surface area contributed by atoms with Crippen LogP contribution in [0.25, 0.3) is 45.3 Å². The van der Waals surface area contributed by atoms with Crippen molar-refractivity contribution in [3.8, 4) is 63.1 Å². The zero-order valence-electron chi connectivity index (χ0n) is 50.9. The number of carbonyl (C=O) groups is 2. The molecule has 0 saturated heterocycles. The van der Waals surface area contributed by atoms with Crippen LogP contribution in [0.15, 0.2) is 66.3 Å². The first kappa shape index (κ1) is 64.5. The number of hydrogen-bond acceptors (Lipinski definition) is 19. The molecule has 460 valence electrons. The molecule has 6 heterocycles. The Kier molecular flexibility index (Phi) is 21.2. The third-order valence-corrected chi connectivity index (χ3v) is 20.3. The maximum absolute atomic E-state index is 12.3. The van der Waals surface area contributed by atoms with E-state index in [-0.39, 0.29) is 49.1 Å². The van der Waals surface area contributed by atoms with Crippen molar-refractivity contribution in [1.29, 1.82) is 0 Å². The zero-order chi connectivity index (χ0) is 61.2. The molecule has 10 rings (SSSR count). The Morgan fingerprint density at radius 1 is 0.659 bits per heavy atom. The Bertz CT molecular complexity index is 3330. The minimum atomic E-state index is -3.62. The lowest BCUT2D eigenvalue weighted by atomic mass is 9.69. The highest BCUT2D eigenvalue weighted by atomic mass is 32.2. The van der Waals surface area contributed by atoms with E-state index in [4.69, 9.17) is 33.5 Å². The molecule has 0 aromatic carbocycles. The van der Waals surface area contributed by atoms with E-state index in [0.717, 1.165) is 103 Å². The number of sulfone groups is 1. The number of carboxylic acids is 1. The van der Waals surface area contributed by atoms with Crippen LogP contribution < -0.4 is 14.2 Å². The lowest BCUT2D eigenvalue weighted by molar-refractivity contribution is -0.161. The molecule has 0 atom stereocenters. The van der Waals surface area contributed by atoms with Gasteiger partial charge in [-0.25, -0.2) is 23.1 Å². The van der Waals surface area contributed by atoms with Crippen LogP contribution in [0.3, 0.4) is 0 Å². The van der Waals surface area contributed by atoms with E-state index >= 15 is 0 Å². The summed E-state index contributed by atoms with van der Waals surface area (Å²) in [6, 6.07) is 13.7. The van der Waals surface area contributed by atoms with E-state index < -0.39 is 42.8 Å². The number of aliphatic carboxylic acids is 1. The topological polar surface area (TPSA) is 277 Å². The molecular formula is C60H84N10O12SSi2. The number of ether oxygens (including phenoxy) is 6. The van der Waals surface area contributed by atoms with Crippen LogP contribution in [0.4, 0.5) is 0 Å². The number of aromatic nitrogens is 10. The first-order valence-electron chi connectivity index (χ1n) is 29.4. The molecule has 0 aliphatic heterocycles. The van der Waals surface area contributed by atoms with Gasteiger partial charge in [0.05, 0.1) is 13.2 Å². The highest BCUT2D eigenvalue weighted by Gasteiger charge is 2.47. The predicted molar refractivity (Wildman–Crippen MR) is 325 cm³/mol. The molecule has 4 saturated carbocycles. The van der Waals surface area contributed by atoms with Crippen molar-refractivity contribution >= 4 is 37.9 Å². The maximum atomic E-state index is 12.3. The molecule has 22 nitrogen and oxygen atoms in total. The second kappa shape index (κ2) is 27.9. The fourth-order valence-electron chi connectivity index (χ4n) is 9.35. The second-order valence-electron chi connectivity index (χ2n) is 25.3. The summed E-state index contributed by atoms with van der Waals surface area (Å²) in [6.07, 6.45) is 19.5. The van der Waals surface area contributed by atoms with Crippen molar-refractivity contribution < 1.29 is 56.6 Å². The van der Waals surface area contributed by atoms with Crippen LogP contribution in [0.5, 0.6) is 17.8 Å². The minimum absolute atomic E-state index is 0.00198. The average molecular weight is 1230 g/mol. The summed E-state index contributed by atoms with van der Waals surface area (Å²) in [5.74, 6) is 0.534. The van der Waals surface area contributed by atoms with Crippen LogP contribution in [0.2, 0.25) is 51.4 Å². The van der Waals surface area contributed by atoms with E-state index in [1.165, 1.54) is 24.6 Å². The molecule has 4 aliphatic rings. The molecule has 6 aromatic heterocycles. The van der Waals surface area contributed by atoms with E-state index in [2.05, 4.69) is 79.4 Å². The van der Waals surface area contributed by atoms with Crippen LogP contribution in [-0.2, 0) is 47.1 Å². The molecule has 2 N–H and O–H groups in total. The van der Waals surface area contributed by atoms with Gasteiger partial charge in [0, 0.05) is 94.8 Å². The van der Waals surface area contributed by atoms with Gasteiger partial charge in [-0.05, 0) is 113 Å². The van der Waals surface area contributed by atoms with E-state index in [0.29, 0.717) is 67.8 Å². The number of hydrogen-bond donors (Lipinski definition) is 2. The highest BCUT2D eigenvalue weighted by molar-refractivity contribution is 7.90. The van der Waals surface area contributed by atoms with Crippen molar-refractivity contribution in [2.75, 3.05) is 39.8 Å². The molecule has 6 aromatic rings. The molecule has 85 heavy (non-hydrogen) atoms. The van der Waals surface area contributed by atoms with Gasteiger partial charge in [-0.1, -0.05) is 64.3 Å². The van der Waals surface area contributed by atoms with Gasteiger partial charge in [0.2, 0.25) is 38.4 Å². The Morgan fingerprint density at radius 3 is 1.51 bits per heavy atom. The van der Waals surface area contributed by atoms with Crippen molar-refractivity contribution in [3.63, 3.8) is 0 Å². The summed E-state index contributed by atoms with van der Waals surface area (Å²) >= 11 is 0. The van der Waals surface area contributed by atoms with E-state index in [1.807, 2.05) is 44.2 Å². The number of pyridine rings is 4. The number of rotatable bonds is 25. The maximum Gasteiger partial charge on any atom is 0.317 e. The number of aliphatic hydroxyl groups excluding tert-OH is 1. The molecule has 4 aliphatic carbocycles. The Hall–Kier alpha value is -6.52. The van der Waals surface area contributed by atoms with Crippen LogP contribution in [0.1, 0.15) is 88.2 Å². The van der Waals surface area contributed by atoms with Gasteiger partial charge in [0.25, 0.3) is 0 Å². The smallest absolute Gasteiger partial charge is 0.317 e. The molecule has 0 bridgehead atoms. The lowest BCUT2D eigenvalue weighted by Crippen LogP contribution is -2.44.